The Balaban J connectivity index is 1.84. The van der Waals surface area contributed by atoms with Crippen LogP contribution in [-0.4, -0.2) is 25.2 Å². The van der Waals surface area contributed by atoms with Gasteiger partial charge in [0.2, 0.25) is 0 Å². The zero-order valence-electron chi connectivity index (χ0n) is 13.2. The second-order valence-electron chi connectivity index (χ2n) is 5.57. The third-order valence-electron chi connectivity index (χ3n) is 3.86. The number of aromatic nitrogens is 3. The molecule has 7 nitrogen and oxygen atoms in total. The van der Waals surface area contributed by atoms with Gasteiger partial charge in [0.15, 0.2) is 17.0 Å². The smallest absolute Gasteiger partial charge is 0.362 e. The Bertz CT molecular complexity index is 1270. The van der Waals surface area contributed by atoms with Gasteiger partial charge < -0.3 is 14.6 Å². The highest BCUT2D eigenvalue weighted by Gasteiger charge is 2.17. The summed E-state index contributed by atoms with van der Waals surface area (Å²) in [6, 6.07) is 7.46. The summed E-state index contributed by atoms with van der Waals surface area (Å²) in [5.74, 6) is -0.422. The number of benzene rings is 2. The van der Waals surface area contributed by atoms with Gasteiger partial charge >= 0.3 is 5.63 Å². The van der Waals surface area contributed by atoms with Crippen molar-refractivity contribution in [2.75, 3.05) is 0 Å². The minimum absolute atomic E-state index is 0.0120. The summed E-state index contributed by atoms with van der Waals surface area (Å²) < 4.78 is 6.45. The lowest BCUT2D eigenvalue weighted by atomic mass is 10.1. The number of hydrogen-bond acceptors (Lipinski definition) is 6. The molecule has 0 radical (unpaired) electrons. The normalized spacial score (nSPS) is 11.2. The van der Waals surface area contributed by atoms with Crippen LogP contribution >= 0.6 is 34.8 Å². The van der Waals surface area contributed by atoms with Crippen molar-refractivity contribution in [2.24, 2.45) is 0 Å². The van der Waals surface area contributed by atoms with Gasteiger partial charge in [-0.2, -0.15) is 0 Å². The van der Waals surface area contributed by atoms with Crippen molar-refractivity contribution < 1.29 is 14.6 Å². The Morgan fingerprint density at radius 3 is 2.56 bits per heavy atom. The monoisotopic (exact) mass is 423 g/mol. The van der Waals surface area contributed by atoms with Crippen molar-refractivity contribution in [1.82, 2.24) is 15.0 Å². The van der Waals surface area contributed by atoms with Gasteiger partial charge in [-0.15, -0.1) is 5.10 Å². The second kappa shape index (κ2) is 6.45. The summed E-state index contributed by atoms with van der Waals surface area (Å²) in [5, 5.41) is 27.6. The van der Waals surface area contributed by atoms with Crippen molar-refractivity contribution in [1.29, 1.82) is 0 Å². The zero-order chi connectivity index (χ0) is 19.3. The predicted molar refractivity (Wildman–Crippen MR) is 101 cm³/mol. The van der Waals surface area contributed by atoms with E-state index in [-0.39, 0.29) is 37.8 Å². The average Bonchev–Trinajstić information content (AvgIpc) is 3.12. The van der Waals surface area contributed by atoms with E-state index < -0.39 is 5.63 Å². The molecule has 10 heteroatoms. The molecule has 0 fully saturated rings. The quantitative estimate of drug-likeness (QED) is 0.462. The SMILES string of the molecule is O=c1oc2c(Cl)c(O)c(Cl)cc2cc1-n1cc(-c2ccc(O)c(Cl)c2)nn1. The third-order valence-corrected chi connectivity index (χ3v) is 4.80. The van der Waals surface area contributed by atoms with Gasteiger partial charge in [0.1, 0.15) is 16.5 Å². The van der Waals surface area contributed by atoms with Crippen LogP contribution in [0.4, 0.5) is 0 Å². The van der Waals surface area contributed by atoms with E-state index >= 15 is 0 Å². The second-order valence-corrected chi connectivity index (χ2v) is 6.77. The third kappa shape index (κ3) is 2.99. The Labute approximate surface area is 165 Å². The van der Waals surface area contributed by atoms with E-state index in [2.05, 4.69) is 10.3 Å². The van der Waals surface area contributed by atoms with E-state index in [0.29, 0.717) is 16.6 Å². The molecule has 4 aromatic rings. The number of rotatable bonds is 2. The summed E-state index contributed by atoms with van der Waals surface area (Å²) >= 11 is 17.8. The molecule has 136 valence electrons. The minimum Gasteiger partial charge on any atom is -0.506 e. The summed E-state index contributed by atoms with van der Waals surface area (Å²) in [7, 11) is 0. The molecule has 0 bridgehead atoms. The van der Waals surface area contributed by atoms with Crippen molar-refractivity contribution in [3.63, 3.8) is 0 Å². The fourth-order valence-corrected chi connectivity index (χ4v) is 3.20. The van der Waals surface area contributed by atoms with Crippen LogP contribution in [0.3, 0.4) is 0 Å². The van der Waals surface area contributed by atoms with Crippen LogP contribution in [-0.2, 0) is 0 Å². The maximum atomic E-state index is 12.3. The van der Waals surface area contributed by atoms with Gasteiger partial charge in [0.05, 0.1) is 16.2 Å². The van der Waals surface area contributed by atoms with Gasteiger partial charge in [-0.05, 0) is 30.3 Å². The fraction of sp³-hybridized carbons (Fsp3) is 0. The van der Waals surface area contributed by atoms with Crippen molar-refractivity contribution in [3.8, 4) is 28.4 Å². The summed E-state index contributed by atoms with van der Waals surface area (Å²) in [5.41, 5.74) is 0.386. The highest BCUT2D eigenvalue weighted by atomic mass is 35.5. The summed E-state index contributed by atoms with van der Waals surface area (Å²) in [4.78, 5) is 12.3. The number of nitrogens with zero attached hydrogens (tertiary/aromatic N) is 3. The van der Waals surface area contributed by atoms with Crippen LogP contribution in [0.15, 0.2) is 45.7 Å². The number of halogens is 3. The molecule has 2 N–H and O–H groups in total. The van der Waals surface area contributed by atoms with E-state index in [1.54, 1.807) is 6.07 Å². The van der Waals surface area contributed by atoms with Crippen LogP contribution in [0.2, 0.25) is 15.1 Å². The molecule has 27 heavy (non-hydrogen) atoms. The van der Waals surface area contributed by atoms with E-state index in [9.17, 15) is 15.0 Å². The van der Waals surface area contributed by atoms with Crippen LogP contribution in [0.5, 0.6) is 11.5 Å². The highest BCUT2D eigenvalue weighted by molar-refractivity contribution is 6.40. The maximum Gasteiger partial charge on any atom is 0.362 e. The first-order chi connectivity index (χ1) is 12.8. The lowest BCUT2D eigenvalue weighted by molar-refractivity contribution is 0.473. The molecule has 0 saturated carbocycles. The predicted octanol–water partition coefficient (Wildman–Crippen LogP) is 4.41. The van der Waals surface area contributed by atoms with Crippen LogP contribution in [0, 0.1) is 0 Å². The van der Waals surface area contributed by atoms with E-state index in [0.717, 1.165) is 0 Å². The summed E-state index contributed by atoms with van der Waals surface area (Å²) in [6.45, 7) is 0. The Morgan fingerprint density at radius 1 is 1.04 bits per heavy atom. The van der Waals surface area contributed by atoms with Crippen molar-refractivity contribution in [3.05, 3.63) is 62.0 Å². The molecule has 2 aromatic carbocycles. The van der Waals surface area contributed by atoms with Crippen LogP contribution in [0.1, 0.15) is 0 Å². The Hall–Kier alpha value is -2.74. The van der Waals surface area contributed by atoms with Crippen molar-refractivity contribution in [2.45, 2.75) is 0 Å². The van der Waals surface area contributed by atoms with Gasteiger partial charge in [-0.3, -0.25) is 0 Å². The maximum absolute atomic E-state index is 12.3. The van der Waals surface area contributed by atoms with Gasteiger partial charge in [-0.25, -0.2) is 9.48 Å². The van der Waals surface area contributed by atoms with Gasteiger partial charge in [-0.1, -0.05) is 40.0 Å². The number of hydrogen-bond donors (Lipinski definition) is 2. The molecule has 0 aliphatic heterocycles. The standard InChI is InChI=1S/C17H8Cl3N3O4/c18-9-3-7(1-2-13(9)24)11-6-23(22-21-11)12-5-8-4-10(19)15(25)14(20)16(8)27-17(12)26/h1-6,24-25H. The average molecular weight is 425 g/mol. The van der Waals surface area contributed by atoms with Crippen molar-refractivity contribution >= 4 is 45.8 Å². The molecule has 2 aromatic heterocycles. The fourth-order valence-electron chi connectivity index (χ4n) is 2.51. The topological polar surface area (TPSA) is 101 Å². The molecule has 0 amide bonds. The first-order valence-corrected chi connectivity index (χ1v) is 8.55. The zero-order valence-corrected chi connectivity index (χ0v) is 15.4. The Morgan fingerprint density at radius 2 is 1.81 bits per heavy atom. The number of aromatic hydroxyl groups is 2. The molecule has 0 unspecified atom stereocenters. The molecule has 0 aliphatic carbocycles. The number of phenols is 2. The van der Waals surface area contributed by atoms with Gasteiger partial charge in [0.25, 0.3) is 0 Å². The van der Waals surface area contributed by atoms with Crippen LogP contribution in [0.25, 0.3) is 27.9 Å². The minimum atomic E-state index is -0.730. The first kappa shape index (κ1) is 17.7. The lowest BCUT2D eigenvalue weighted by Crippen LogP contribution is -2.10. The molecule has 0 spiro atoms. The van der Waals surface area contributed by atoms with E-state index in [1.807, 2.05) is 0 Å². The Kier molecular flexibility index (Phi) is 4.22. The molecule has 0 aliphatic rings. The molecule has 4 rings (SSSR count). The van der Waals surface area contributed by atoms with Crippen LogP contribution < -0.4 is 5.63 Å². The number of fused-ring (bicyclic) bond motifs is 1. The molecule has 0 atom stereocenters. The van der Waals surface area contributed by atoms with Gasteiger partial charge in [0, 0.05) is 10.9 Å². The van der Waals surface area contributed by atoms with E-state index in [4.69, 9.17) is 39.2 Å². The molecule has 0 saturated heterocycles. The molecule has 2 heterocycles. The molecular weight excluding hydrogens is 417 g/mol. The lowest BCUT2D eigenvalue weighted by Gasteiger charge is -2.05. The largest absolute Gasteiger partial charge is 0.506 e. The number of phenolic OH excluding ortho intramolecular Hbond substituents is 2. The summed E-state index contributed by atoms with van der Waals surface area (Å²) in [6.07, 6.45) is 1.50. The highest BCUT2D eigenvalue weighted by Crippen LogP contribution is 2.38. The van der Waals surface area contributed by atoms with E-state index in [1.165, 1.54) is 35.1 Å². The first-order valence-electron chi connectivity index (χ1n) is 7.41. The molecular formula is C17H8Cl3N3O4.